The van der Waals surface area contributed by atoms with Crippen molar-refractivity contribution in [2.24, 2.45) is 0 Å². The number of aryl methyl sites for hydroxylation is 1. The second kappa shape index (κ2) is 4.37. The number of benzene rings is 2. The maximum Gasteiger partial charge on any atom is 0.336 e. The molecule has 2 aromatic carbocycles. The van der Waals surface area contributed by atoms with E-state index in [0.29, 0.717) is 11.1 Å². The lowest BCUT2D eigenvalue weighted by Crippen LogP contribution is -1.99. The average Bonchev–Trinajstić information content (AvgIpc) is 2.27. The van der Waals surface area contributed by atoms with Crippen molar-refractivity contribution in [2.75, 3.05) is 0 Å². The number of hydrogen-bond donors (Lipinski definition) is 1. The second-order valence-electron chi connectivity index (χ2n) is 3.87. The molecule has 0 saturated carbocycles. The Kier molecular flexibility index (Phi) is 2.91. The summed E-state index contributed by atoms with van der Waals surface area (Å²) in [6.45, 7) is 1.77. The standard InChI is InChI=1S/C14H11FO2/c1-9-6-10(8-11(15)7-9)12-4-2-3-5-13(12)14(16)17/h2-8H,1H3,(H,16,17). The molecule has 0 bridgehead atoms. The number of carboxylic acids is 1. The first kappa shape index (κ1) is 11.3. The van der Waals surface area contributed by atoms with Crippen LogP contribution in [0.5, 0.6) is 0 Å². The van der Waals surface area contributed by atoms with Crippen LogP contribution < -0.4 is 0 Å². The highest BCUT2D eigenvalue weighted by Gasteiger charge is 2.11. The van der Waals surface area contributed by atoms with Crippen molar-refractivity contribution in [1.82, 2.24) is 0 Å². The minimum absolute atomic E-state index is 0.178. The Balaban J connectivity index is 2.64. The Morgan fingerprint density at radius 3 is 2.53 bits per heavy atom. The van der Waals surface area contributed by atoms with Crippen LogP contribution in [0, 0.1) is 12.7 Å². The molecule has 0 spiro atoms. The lowest BCUT2D eigenvalue weighted by Gasteiger charge is -2.07. The van der Waals surface area contributed by atoms with E-state index in [1.807, 2.05) is 0 Å². The van der Waals surface area contributed by atoms with Gasteiger partial charge in [0.25, 0.3) is 0 Å². The summed E-state index contributed by atoms with van der Waals surface area (Å²) in [5.41, 5.74) is 2.06. The van der Waals surface area contributed by atoms with Crippen molar-refractivity contribution in [3.63, 3.8) is 0 Å². The minimum atomic E-state index is -1.01. The summed E-state index contributed by atoms with van der Waals surface area (Å²) in [4.78, 5) is 11.1. The zero-order chi connectivity index (χ0) is 12.4. The zero-order valence-corrected chi connectivity index (χ0v) is 9.27. The van der Waals surface area contributed by atoms with Crippen LogP contribution in [0.4, 0.5) is 4.39 Å². The molecule has 0 amide bonds. The summed E-state index contributed by atoms with van der Waals surface area (Å²) in [6.07, 6.45) is 0. The SMILES string of the molecule is Cc1cc(F)cc(-c2ccccc2C(=O)O)c1. The minimum Gasteiger partial charge on any atom is -0.478 e. The molecule has 0 saturated heterocycles. The largest absolute Gasteiger partial charge is 0.478 e. The summed E-state index contributed by atoms with van der Waals surface area (Å²) in [5, 5.41) is 9.07. The number of hydrogen-bond acceptors (Lipinski definition) is 1. The van der Waals surface area contributed by atoms with Crippen molar-refractivity contribution in [2.45, 2.75) is 6.92 Å². The van der Waals surface area contributed by atoms with E-state index < -0.39 is 5.97 Å². The highest BCUT2D eigenvalue weighted by atomic mass is 19.1. The average molecular weight is 230 g/mol. The molecule has 0 atom stereocenters. The topological polar surface area (TPSA) is 37.3 Å². The summed E-state index contributed by atoms with van der Waals surface area (Å²) < 4.78 is 13.3. The van der Waals surface area contributed by atoms with E-state index in [2.05, 4.69) is 0 Å². The molecule has 86 valence electrons. The van der Waals surface area contributed by atoms with Crippen LogP contribution in [-0.4, -0.2) is 11.1 Å². The van der Waals surface area contributed by atoms with E-state index in [9.17, 15) is 9.18 Å². The third-order valence-electron chi connectivity index (χ3n) is 2.51. The number of aromatic carboxylic acids is 1. The first-order chi connectivity index (χ1) is 8.08. The van der Waals surface area contributed by atoms with E-state index in [1.54, 1.807) is 31.2 Å². The summed E-state index contributed by atoms with van der Waals surface area (Å²) in [7, 11) is 0. The van der Waals surface area contributed by atoms with E-state index >= 15 is 0 Å². The van der Waals surface area contributed by atoms with Gasteiger partial charge in [-0.1, -0.05) is 24.3 Å². The van der Waals surface area contributed by atoms with E-state index in [4.69, 9.17) is 5.11 Å². The van der Waals surface area contributed by atoms with Crippen LogP contribution >= 0.6 is 0 Å². The molecular weight excluding hydrogens is 219 g/mol. The fourth-order valence-electron chi connectivity index (χ4n) is 1.81. The summed E-state index contributed by atoms with van der Waals surface area (Å²) in [6, 6.07) is 11.1. The molecule has 2 nitrogen and oxygen atoms in total. The van der Waals surface area contributed by atoms with E-state index in [-0.39, 0.29) is 11.4 Å². The third kappa shape index (κ3) is 2.33. The lowest BCUT2D eigenvalue weighted by molar-refractivity contribution is 0.0697. The monoisotopic (exact) mass is 230 g/mol. The maximum absolute atomic E-state index is 13.3. The Labute approximate surface area is 98.3 Å². The number of carbonyl (C=O) groups is 1. The Morgan fingerprint density at radius 1 is 1.18 bits per heavy atom. The second-order valence-corrected chi connectivity index (χ2v) is 3.87. The number of carboxylic acid groups (broad SMARTS) is 1. The fraction of sp³-hybridized carbons (Fsp3) is 0.0714. The van der Waals surface area contributed by atoms with Crippen molar-refractivity contribution >= 4 is 5.97 Å². The van der Waals surface area contributed by atoms with Crippen LogP contribution in [0.25, 0.3) is 11.1 Å². The van der Waals surface area contributed by atoms with Gasteiger partial charge < -0.3 is 5.11 Å². The van der Waals surface area contributed by atoms with Gasteiger partial charge in [-0.3, -0.25) is 0 Å². The van der Waals surface area contributed by atoms with Crippen LogP contribution in [0.2, 0.25) is 0 Å². The summed E-state index contributed by atoms with van der Waals surface area (Å²) >= 11 is 0. The van der Waals surface area contributed by atoms with Gasteiger partial charge in [0, 0.05) is 0 Å². The molecule has 0 aromatic heterocycles. The molecule has 17 heavy (non-hydrogen) atoms. The Bertz CT molecular complexity index is 556. The van der Waals surface area contributed by atoms with Gasteiger partial charge in [-0.2, -0.15) is 0 Å². The van der Waals surface area contributed by atoms with Gasteiger partial charge in [0.1, 0.15) is 5.82 Å². The van der Waals surface area contributed by atoms with E-state index in [0.717, 1.165) is 5.56 Å². The normalized spacial score (nSPS) is 10.2. The third-order valence-corrected chi connectivity index (χ3v) is 2.51. The van der Waals surface area contributed by atoms with Gasteiger partial charge in [0.15, 0.2) is 0 Å². The first-order valence-corrected chi connectivity index (χ1v) is 5.18. The van der Waals surface area contributed by atoms with Gasteiger partial charge in [0.2, 0.25) is 0 Å². The predicted octanol–water partition coefficient (Wildman–Crippen LogP) is 3.50. The molecule has 0 aliphatic rings. The molecule has 0 radical (unpaired) electrons. The van der Waals surface area contributed by atoms with Crippen molar-refractivity contribution in [3.05, 3.63) is 59.4 Å². The Hall–Kier alpha value is -2.16. The first-order valence-electron chi connectivity index (χ1n) is 5.18. The molecule has 0 aliphatic heterocycles. The van der Waals surface area contributed by atoms with Crippen LogP contribution in [0.3, 0.4) is 0 Å². The zero-order valence-electron chi connectivity index (χ0n) is 9.27. The number of halogens is 1. The highest BCUT2D eigenvalue weighted by molar-refractivity contribution is 5.96. The molecule has 2 aromatic rings. The molecule has 0 aliphatic carbocycles. The Morgan fingerprint density at radius 2 is 1.88 bits per heavy atom. The quantitative estimate of drug-likeness (QED) is 0.857. The van der Waals surface area contributed by atoms with E-state index in [1.165, 1.54) is 18.2 Å². The van der Waals surface area contributed by atoms with Gasteiger partial charge in [0.05, 0.1) is 5.56 Å². The van der Waals surface area contributed by atoms with Gasteiger partial charge >= 0.3 is 5.97 Å². The van der Waals surface area contributed by atoms with Crippen molar-refractivity contribution in [1.29, 1.82) is 0 Å². The molecule has 0 unspecified atom stereocenters. The molecule has 0 fully saturated rings. The molecular formula is C14H11FO2. The summed E-state index contributed by atoms with van der Waals surface area (Å²) in [5.74, 6) is -1.37. The number of rotatable bonds is 2. The van der Waals surface area contributed by atoms with Crippen LogP contribution in [0.1, 0.15) is 15.9 Å². The van der Waals surface area contributed by atoms with Gasteiger partial charge in [-0.05, 0) is 41.8 Å². The van der Waals surface area contributed by atoms with Gasteiger partial charge in [-0.25, -0.2) is 9.18 Å². The van der Waals surface area contributed by atoms with Crippen LogP contribution in [0.15, 0.2) is 42.5 Å². The van der Waals surface area contributed by atoms with Crippen molar-refractivity contribution in [3.8, 4) is 11.1 Å². The lowest BCUT2D eigenvalue weighted by atomic mass is 9.98. The van der Waals surface area contributed by atoms with Gasteiger partial charge in [-0.15, -0.1) is 0 Å². The maximum atomic E-state index is 13.3. The highest BCUT2D eigenvalue weighted by Crippen LogP contribution is 2.25. The van der Waals surface area contributed by atoms with Crippen LogP contribution in [-0.2, 0) is 0 Å². The fourth-order valence-corrected chi connectivity index (χ4v) is 1.81. The smallest absolute Gasteiger partial charge is 0.336 e. The molecule has 3 heteroatoms. The molecule has 2 rings (SSSR count). The molecule has 0 heterocycles. The van der Waals surface area contributed by atoms with Crippen molar-refractivity contribution < 1.29 is 14.3 Å². The molecule has 1 N–H and O–H groups in total. The predicted molar refractivity (Wildman–Crippen MR) is 63.5 cm³/mol.